The van der Waals surface area contributed by atoms with Crippen molar-refractivity contribution < 1.29 is 24.4 Å². The number of ketones is 1. The number of hydrogen-bond acceptors (Lipinski definition) is 6. The zero-order valence-corrected chi connectivity index (χ0v) is 16.7. The second-order valence-electron chi connectivity index (χ2n) is 7.02. The minimum atomic E-state index is -1.07. The Morgan fingerprint density at radius 1 is 1.17 bits per heavy atom. The number of hydrogen-bond donors (Lipinski definition) is 1. The monoisotopic (exact) mass is 410 g/mol. The Morgan fingerprint density at radius 3 is 2.47 bits per heavy atom. The molecule has 1 N–H and O–H groups in total. The van der Waals surface area contributed by atoms with Crippen LogP contribution in [0.5, 0.6) is 0 Å². The Kier molecular flexibility index (Phi) is 6.27. The molecule has 8 heteroatoms. The molecule has 30 heavy (non-hydrogen) atoms. The van der Waals surface area contributed by atoms with Crippen molar-refractivity contribution in [1.29, 1.82) is 0 Å². The number of methoxy groups -OCH3 is 1. The van der Waals surface area contributed by atoms with Crippen LogP contribution in [0.25, 0.3) is 5.76 Å². The van der Waals surface area contributed by atoms with Gasteiger partial charge in [0.2, 0.25) is 0 Å². The van der Waals surface area contributed by atoms with E-state index in [0.717, 1.165) is 5.56 Å². The standard InChI is InChI=1S/C22H22N2O6/c1-14-8-10-15(11-9-14)20(25)18-19(16-6-3-4-7-17(16)24(28)29)23(12-5-13-30-2)22(27)21(18)26/h3-4,6-11,19,25H,5,12-13H2,1-2H3/b20-18+/t19-/m0/s1. The summed E-state index contributed by atoms with van der Waals surface area (Å²) in [6, 6.07) is 11.7. The number of aliphatic hydroxyl groups excluding tert-OH is 1. The number of carbonyl (C=O) groups is 2. The third kappa shape index (κ3) is 3.95. The molecule has 0 aromatic heterocycles. The van der Waals surface area contributed by atoms with Crippen LogP contribution < -0.4 is 0 Å². The third-order valence-corrected chi connectivity index (χ3v) is 5.04. The highest BCUT2D eigenvalue weighted by Crippen LogP contribution is 2.42. The zero-order chi connectivity index (χ0) is 21.8. The van der Waals surface area contributed by atoms with Crippen molar-refractivity contribution in [1.82, 2.24) is 4.90 Å². The quantitative estimate of drug-likeness (QED) is 0.187. The predicted octanol–water partition coefficient (Wildman–Crippen LogP) is 3.36. The van der Waals surface area contributed by atoms with E-state index >= 15 is 0 Å². The molecule has 0 spiro atoms. The van der Waals surface area contributed by atoms with Gasteiger partial charge in [-0.05, 0) is 19.4 Å². The van der Waals surface area contributed by atoms with E-state index in [-0.39, 0.29) is 29.1 Å². The van der Waals surface area contributed by atoms with Crippen molar-refractivity contribution in [2.24, 2.45) is 0 Å². The van der Waals surface area contributed by atoms with Crippen LogP contribution in [0, 0.1) is 17.0 Å². The first-order valence-electron chi connectivity index (χ1n) is 9.44. The van der Waals surface area contributed by atoms with Gasteiger partial charge in [0, 0.05) is 31.9 Å². The van der Waals surface area contributed by atoms with Gasteiger partial charge >= 0.3 is 0 Å². The first-order valence-corrected chi connectivity index (χ1v) is 9.44. The van der Waals surface area contributed by atoms with Gasteiger partial charge in [-0.25, -0.2) is 0 Å². The lowest BCUT2D eigenvalue weighted by Crippen LogP contribution is -2.31. The van der Waals surface area contributed by atoms with E-state index in [2.05, 4.69) is 0 Å². The van der Waals surface area contributed by atoms with Crippen LogP contribution in [0.1, 0.15) is 29.2 Å². The maximum absolute atomic E-state index is 12.9. The first kappa shape index (κ1) is 21.2. The number of nitro benzene ring substituents is 1. The number of amides is 1. The molecule has 1 saturated heterocycles. The Bertz CT molecular complexity index is 1010. The number of nitrogens with zero attached hydrogens (tertiary/aromatic N) is 2. The van der Waals surface area contributed by atoms with Crippen LogP contribution in [0.4, 0.5) is 5.69 Å². The van der Waals surface area contributed by atoms with E-state index in [1.807, 2.05) is 6.92 Å². The lowest BCUT2D eigenvalue weighted by atomic mass is 9.94. The van der Waals surface area contributed by atoms with Crippen molar-refractivity contribution in [3.8, 4) is 0 Å². The summed E-state index contributed by atoms with van der Waals surface area (Å²) in [5, 5.41) is 22.5. The van der Waals surface area contributed by atoms with E-state index in [0.29, 0.717) is 18.6 Å². The van der Waals surface area contributed by atoms with Crippen LogP contribution in [0.3, 0.4) is 0 Å². The maximum Gasteiger partial charge on any atom is 0.295 e. The molecule has 1 aliphatic rings. The van der Waals surface area contributed by atoms with E-state index in [4.69, 9.17) is 4.74 Å². The van der Waals surface area contributed by atoms with Crippen molar-refractivity contribution in [3.63, 3.8) is 0 Å². The number of benzene rings is 2. The summed E-state index contributed by atoms with van der Waals surface area (Å²) in [6.07, 6.45) is 0.436. The summed E-state index contributed by atoms with van der Waals surface area (Å²) in [5.74, 6) is -2.03. The molecule has 0 unspecified atom stereocenters. The largest absolute Gasteiger partial charge is 0.507 e. The fourth-order valence-electron chi connectivity index (χ4n) is 3.57. The van der Waals surface area contributed by atoms with Crippen LogP contribution in [0.2, 0.25) is 0 Å². The topological polar surface area (TPSA) is 110 Å². The highest BCUT2D eigenvalue weighted by molar-refractivity contribution is 6.46. The van der Waals surface area contributed by atoms with Gasteiger partial charge in [0.1, 0.15) is 5.76 Å². The minimum Gasteiger partial charge on any atom is -0.507 e. The smallest absolute Gasteiger partial charge is 0.295 e. The number of likely N-dealkylation sites (tertiary alicyclic amines) is 1. The molecule has 1 amide bonds. The van der Waals surface area contributed by atoms with E-state index in [9.17, 15) is 24.8 Å². The molecule has 0 bridgehead atoms. The number of aliphatic hydroxyl groups is 1. The average Bonchev–Trinajstić information content (AvgIpc) is 2.99. The second kappa shape index (κ2) is 8.87. The van der Waals surface area contributed by atoms with Gasteiger partial charge in [0.25, 0.3) is 17.4 Å². The fourth-order valence-corrected chi connectivity index (χ4v) is 3.57. The summed E-state index contributed by atoms with van der Waals surface area (Å²) in [4.78, 5) is 38.0. The van der Waals surface area contributed by atoms with Crippen molar-refractivity contribution >= 4 is 23.1 Å². The first-order chi connectivity index (χ1) is 14.4. The number of ether oxygens (including phenoxy) is 1. The number of carbonyl (C=O) groups excluding carboxylic acids is 2. The molecule has 156 valence electrons. The lowest BCUT2D eigenvalue weighted by molar-refractivity contribution is -0.385. The van der Waals surface area contributed by atoms with E-state index in [1.54, 1.807) is 30.3 Å². The Morgan fingerprint density at radius 2 is 1.83 bits per heavy atom. The number of aryl methyl sites for hydroxylation is 1. The lowest BCUT2D eigenvalue weighted by Gasteiger charge is -2.25. The van der Waals surface area contributed by atoms with Crippen LogP contribution in [0.15, 0.2) is 54.1 Å². The molecule has 1 heterocycles. The predicted molar refractivity (Wildman–Crippen MR) is 110 cm³/mol. The molecular formula is C22H22N2O6. The van der Waals surface area contributed by atoms with Gasteiger partial charge in [-0.15, -0.1) is 0 Å². The van der Waals surface area contributed by atoms with Gasteiger partial charge < -0.3 is 14.7 Å². The second-order valence-corrected chi connectivity index (χ2v) is 7.02. The summed E-state index contributed by atoms with van der Waals surface area (Å²) < 4.78 is 5.03. The molecule has 1 fully saturated rings. The highest BCUT2D eigenvalue weighted by atomic mass is 16.6. The molecule has 0 radical (unpaired) electrons. The number of Topliss-reactive ketones (excluding diaryl/α,β-unsaturated/α-hetero) is 1. The van der Waals surface area contributed by atoms with Crippen molar-refractivity contribution in [3.05, 3.63) is 80.9 Å². The van der Waals surface area contributed by atoms with Crippen LogP contribution in [-0.2, 0) is 14.3 Å². The Balaban J connectivity index is 2.20. The SMILES string of the molecule is COCCCN1C(=O)C(=O)/C(=C(/O)c2ccc(C)cc2)[C@@H]1c1ccccc1[N+](=O)[O-]. The Hall–Kier alpha value is -3.52. The molecule has 1 atom stereocenters. The average molecular weight is 410 g/mol. The fraction of sp³-hybridized carbons (Fsp3) is 0.273. The number of rotatable bonds is 7. The van der Waals surface area contributed by atoms with Gasteiger partial charge in [-0.3, -0.25) is 19.7 Å². The molecule has 8 nitrogen and oxygen atoms in total. The van der Waals surface area contributed by atoms with E-state index < -0.39 is 22.7 Å². The summed E-state index contributed by atoms with van der Waals surface area (Å²) >= 11 is 0. The molecule has 1 aliphatic heterocycles. The molecule has 2 aromatic carbocycles. The minimum absolute atomic E-state index is 0.153. The maximum atomic E-state index is 12.9. The van der Waals surface area contributed by atoms with Gasteiger partial charge in [-0.2, -0.15) is 0 Å². The normalized spacial score (nSPS) is 18.1. The molecule has 3 rings (SSSR count). The Labute approximate surface area is 173 Å². The summed E-state index contributed by atoms with van der Waals surface area (Å²) in [6.45, 7) is 2.39. The van der Waals surface area contributed by atoms with Crippen LogP contribution >= 0.6 is 0 Å². The van der Waals surface area contributed by atoms with Crippen LogP contribution in [-0.4, -0.2) is 46.9 Å². The third-order valence-electron chi connectivity index (χ3n) is 5.04. The van der Waals surface area contributed by atoms with Gasteiger partial charge in [-0.1, -0.05) is 42.0 Å². The number of nitro groups is 1. The summed E-state index contributed by atoms with van der Waals surface area (Å²) in [7, 11) is 1.52. The van der Waals surface area contributed by atoms with E-state index in [1.165, 1.54) is 30.2 Å². The van der Waals surface area contributed by atoms with Gasteiger partial charge in [0.05, 0.1) is 22.1 Å². The van der Waals surface area contributed by atoms with Crippen molar-refractivity contribution in [2.75, 3.05) is 20.3 Å². The van der Waals surface area contributed by atoms with Gasteiger partial charge in [0.15, 0.2) is 0 Å². The molecule has 2 aromatic rings. The molecular weight excluding hydrogens is 388 g/mol. The summed E-state index contributed by atoms with van der Waals surface area (Å²) in [5.41, 5.74) is 1.11. The zero-order valence-electron chi connectivity index (χ0n) is 16.7. The molecule has 0 aliphatic carbocycles. The molecule has 0 saturated carbocycles. The number of para-hydroxylation sites is 1. The van der Waals surface area contributed by atoms with Crippen molar-refractivity contribution in [2.45, 2.75) is 19.4 Å². The highest BCUT2D eigenvalue weighted by Gasteiger charge is 2.47.